The summed E-state index contributed by atoms with van der Waals surface area (Å²) in [5, 5.41) is 2.69. The molecule has 8 nitrogen and oxygen atoms in total. The third kappa shape index (κ3) is 9.13. The van der Waals surface area contributed by atoms with Crippen LogP contribution in [-0.4, -0.2) is 54.8 Å². The number of methoxy groups -OCH3 is 1. The minimum absolute atomic E-state index is 0.188. The van der Waals surface area contributed by atoms with Gasteiger partial charge in [0.05, 0.1) is 13.7 Å². The molecule has 8 heteroatoms. The lowest BCUT2D eigenvalue weighted by molar-refractivity contribution is -0.150. The Kier molecular flexibility index (Phi) is 9.92. The summed E-state index contributed by atoms with van der Waals surface area (Å²) in [5.74, 6) is -0.259. The van der Waals surface area contributed by atoms with Gasteiger partial charge >= 0.3 is 12.1 Å². The second kappa shape index (κ2) is 12.6. The van der Waals surface area contributed by atoms with Gasteiger partial charge in [-0.2, -0.15) is 0 Å². The van der Waals surface area contributed by atoms with Crippen LogP contribution in [0.2, 0.25) is 0 Å². The van der Waals surface area contributed by atoms with Crippen LogP contribution in [0.3, 0.4) is 0 Å². The van der Waals surface area contributed by atoms with Crippen molar-refractivity contribution in [2.45, 2.75) is 52.3 Å². The molecule has 34 heavy (non-hydrogen) atoms. The Morgan fingerprint density at radius 3 is 2.18 bits per heavy atom. The molecule has 0 aromatic heterocycles. The van der Waals surface area contributed by atoms with E-state index in [0.717, 1.165) is 11.1 Å². The van der Waals surface area contributed by atoms with E-state index in [2.05, 4.69) is 5.32 Å². The maximum Gasteiger partial charge on any atom is 0.408 e. The highest BCUT2D eigenvalue weighted by Crippen LogP contribution is 2.16. The van der Waals surface area contributed by atoms with Crippen LogP contribution in [-0.2, 0) is 32.0 Å². The molecule has 0 saturated heterocycles. The molecule has 0 aliphatic rings. The zero-order chi connectivity index (χ0) is 25.1. The van der Waals surface area contributed by atoms with Gasteiger partial charge in [-0.05, 0) is 51.0 Å². The molecule has 2 rings (SSSR count). The molecule has 184 valence electrons. The van der Waals surface area contributed by atoms with Gasteiger partial charge in [-0.3, -0.25) is 9.59 Å². The lowest BCUT2D eigenvalue weighted by Gasteiger charge is -2.28. The van der Waals surface area contributed by atoms with Gasteiger partial charge in [0.15, 0.2) is 0 Å². The van der Waals surface area contributed by atoms with Crippen molar-refractivity contribution >= 4 is 18.0 Å². The van der Waals surface area contributed by atoms with E-state index in [9.17, 15) is 14.4 Å². The van der Waals surface area contributed by atoms with Crippen LogP contribution >= 0.6 is 0 Å². The second-order valence-corrected chi connectivity index (χ2v) is 8.74. The summed E-state index contributed by atoms with van der Waals surface area (Å²) in [7, 11) is 1.57. The van der Waals surface area contributed by atoms with Crippen LogP contribution in [0.1, 0.15) is 38.8 Å². The van der Waals surface area contributed by atoms with Crippen molar-refractivity contribution in [2.75, 3.05) is 20.3 Å². The summed E-state index contributed by atoms with van der Waals surface area (Å²) in [6, 6.07) is 15.6. The molecule has 0 heterocycles. The van der Waals surface area contributed by atoms with Crippen LogP contribution in [0.5, 0.6) is 5.75 Å². The number of alkyl carbamates (subject to hydrolysis) is 1. The van der Waals surface area contributed by atoms with Gasteiger partial charge in [-0.15, -0.1) is 0 Å². The summed E-state index contributed by atoms with van der Waals surface area (Å²) in [6.07, 6.45) is -0.508. The first-order valence-electron chi connectivity index (χ1n) is 11.2. The van der Waals surface area contributed by atoms with E-state index in [1.165, 1.54) is 4.90 Å². The highest BCUT2D eigenvalue weighted by atomic mass is 16.6. The number of hydrogen-bond acceptors (Lipinski definition) is 6. The van der Waals surface area contributed by atoms with E-state index in [1.54, 1.807) is 46.9 Å². The van der Waals surface area contributed by atoms with E-state index >= 15 is 0 Å². The molecule has 1 unspecified atom stereocenters. The zero-order valence-electron chi connectivity index (χ0n) is 20.5. The van der Waals surface area contributed by atoms with Crippen molar-refractivity contribution in [3.05, 3.63) is 65.7 Å². The minimum Gasteiger partial charge on any atom is -0.497 e. The van der Waals surface area contributed by atoms with Gasteiger partial charge in [0, 0.05) is 13.0 Å². The topological polar surface area (TPSA) is 94.2 Å². The number of esters is 1. The molecule has 2 amide bonds. The summed E-state index contributed by atoms with van der Waals surface area (Å²) >= 11 is 0. The van der Waals surface area contributed by atoms with Crippen molar-refractivity contribution in [3.63, 3.8) is 0 Å². The molecule has 2 aromatic carbocycles. The largest absolute Gasteiger partial charge is 0.497 e. The number of ether oxygens (including phenoxy) is 3. The van der Waals surface area contributed by atoms with Gasteiger partial charge in [-0.25, -0.2) is 4.79 Å². The van der Waals surface area contributed by atoms with Crippen molar-refractivity contribution < 1.29 is 28.6 Å². The second-order valence-electron chi connectivity index (χ2n) is 8.74. The third-order valence-corrected chi connectivity index (χ3v) is 4.74. The number of carbonyl (C=O) groups excluding carboxylic acids is 3. The summed E-state index contributed by atoms with van der Waals surface area (Å²) in [5.41, 5.74) is 0.929. The highest BCUT2D eigenvalue weighted by Gasteiger charge is 2.30. The third-order valence-electron chi connectivity index (χ3n) is 4.74. The Morgan fingerprint density at radius 1 is 0.971 bits per heavy atom. The van der Waals surface area contributed by atoms with Crippen LogP contribution in [0.15, 0.2) is 54.6 Å². The molecule has 0 aliphatic carbocycles. The summed E-state index contributed by atoms with van der Waals surface area (Å²) in [4.78, 5) is 39.8. The first-order valence-corrected chi connectivity index (χ1v) is 11.2. The van der Waals surface area contributed by atoms with Crippen LogP contribution in [0, 0.1) is 0 Å². The molecule has 0 spiro atoms. The zero-order valence-corrected chi connectivity index (χ0v) is 20.5. The maximum absolute atomic E-state index is 13.6. The van der Waals surface area contributed by atoms with Crippen molar-refractivity contribution in [2.24, 2.45) is 0 Å². The van der Waals surface area contributed by atoms with Crippen LogP contribution in [0.25, 0.3) is 0 Å². The lowest BCUT2D eigenvalue weighted by atomic mass is 10.0. The monoisotopic (exact) mass is 470 g/mol. The predicted molar refractivity (Wildman–Crippen MR) is 128 cm³/mol. The maximum atomic E-state index is 13.6. The Balaban J connectivity index is 2.31. The quantitative estimate of drug-likeness (QED) is 0.532. The van der Waals surface area contributed by atoms with E-state index < -0.39 is 29.6 Å². The number of rotatable bonds is 10. The van der Waals surface area contributed by atoms with Gasteiger partial charge in [0.1, 0.15) is 23.9 Å². The number of carbonyl (C=O) groups is 3. The molecule has 2 aromatic rings. The molecule has 0 aliphatic heterocycles. The lowest BCUT2D eigenvalue weighted by Crippen LogP contribution is -2.51. The van der Waals surface area contributed by atoms with Crippen LogP contribution in [0.4, 0.5) is 4.79 Å². The normalized spacial score (nSPS) is 11.8. The first-order chi connectivity index (χ1) is 16.1. The fourth-order valence-corrected chi connectivity index (χ4v) is 3.25. The van der Waals surface area contributed by atoms with Gasteiger partial charge in [0.2, 0.25) is 5.91 Å². The standard InChI is InChI=1S/C26H34N2O6/c1-6-33-23(29)18-28(17-20-10-8-7-9-11-20)24(30)22(27-25(31)34-26(2,3)4)16-19-12-14-21(32-5)15-13-19/h7-15,22H,6,16-18H2,1-5H3,(H,27,31). The fraction of sp³-hybridized carbons (Fsp3) is 0.423. The van der Waals surface area contributed by atoms with E-state index in [-0.39, 0.29) is 26.1 Å². The predicted octanol–water partition coefficient (Wildman–Crippen LogP) is 3.72. The molecule has 1 N–H and O–H groups in total. The van der Waals surface area contributed by atoms with Gasteiger partial charge in [0.25, 0.3) is 0 Å². The number of hydrogen-bond donors (Lipinski definition) is 1. The molecular weight excluding hydrogens is 436 g/mol. The number of amides is 2. The van der Waals surface area contributed by atoms with Crippen molar-refractivity contribution in [3.8, 4) is 5.75 Å². The first kappa shape index (κ1) is 26.7. The van der Waals surface area contributed by atoms with Gasteiger partial charge < -0.3 is 24.4 Å². The SMILES string of the molecule is CCOC(=O)CN(Cc1ccccc1)C(=O)C(Cc1ccc(OC)cc1)NC(=O)OC(C)(C)C. The van der Waals surface area contributed by atoms with Gasteiger partial charge in [-0.1, -0.05) is 42.5 Å². The fourth-order valence-electron chi connectivity index (χ4n) is 3.25. The molecule has 0 fully saturated rings. The Hall–Kier alpha value is -3.55. The number of benzene rings is 2. The van der Waals surface area contributed by atoms with E-state index in [1.807, 2.05) is 42.5 Å². The van der Waals surface area contributed by atoms with Crippen LogP contribution < -0.4 is 10.1 Å². The van der Waals surface area contributed by atoms with Crippen molar-refractivity contribution in [1.29, 1.82) is 0 Å². The Bertz CT molecular complexity index is 938. The average molecular weight is 471 g/mol. The number of nitrogens with one attached hydrogen (secondary N) is 1. The molecule has 0 saturated carbocycles. The number of nitrogens with zero attached hydrogens (tertiary/aromatic N) is 1. The Labute approximate surface area is 201 Å². The summed E-state index contributed by atoms with van der Waals surface area (Å²) < 4.78 is 15.6. The summed E-state index contributed by atoms with van der Waals surface area (Å²) in [6.45, 7) is 7.10. The average Bonchev–Trinajstić information content (AvgIpc) is 2.78. The highest BCUT2D eigenvalue weighted by molar-refractivity contribution is 5.88. The van der Waals surface area contributed by atoms with Crippen molar-refractivity contribution in [1.82, 2.24) is 10.2 Å². The van der Waals surface area contributed by atoms with E-state index in [0.29, 0.717) is 5.75 Å². The molecule has 0 bridgehead atoms. The Morgan fingerprint density at radius 2 is 1.62 bits per heavy atom. The smallest absolute Gasteiger partial charge is 0.408 e. The molecule has 1 atom stereocenters. The molecule has 0 radical (unpaired) electrons. The van der Waals surface area contributed by atoms with E-state index in [4.69, 9.17) is 14.2 Å². The minimum atomic E-state index is -0.957. The molecular formula is C26H34N2O6.